The normalized spacial score (nSPS) is 15.9. The number of imidazole rings is 1. The molecule has 3 aromatic rings. The lowest BCUT2D eigenvalue weighted by Crippen LogP contribution is -2.25. The van der Waals surface area contributed by atoms with Crippen LogP contribution in [0.3, 0.4) is 0 Å². The van der Waals surface area contributed by atoms with Crippen LogP contribution < -0.4 is 14.8 Å². The molecule has 3 heterocycles. The summed E-state index contributed by atoms with van der Waals surface area (Å²) in [5, 5.41) is 2.95. The molecule has 144 valence electrons. The summed E-state index contributed by atoms with van der Waals surface area (Å²) in [4.78, 5) is 21.2. The maximum Gasteiger partial charge on any atom is 0.226 e. The number of carbonyl (C=O) groups is 1. The van der Waals surface area contributed by atoms with Crippen LogP contribution in [0.25, 0.3) is 5.69 Å². The Balaban J connectivity index is 1.77. The van der Waals surface area contributed by atoms with E-state index in [1.54, 1.807) is 25.8 Å². The van der Waals surface area contributed by atoms with E-state index in [9.17, 15) is 4.79 Å². The number of methoxy groups -OCH3 is 1. The number of aromatic nitrogens is 3. The Morgan fingerprint density at radius 1 is 1.25 bits per heavy atom. The van der Waals surface area contributed by atoms with Crippen molar-refractivity contribution >= 4 is 11.7 Å². The second-order valence-electron chi connectivity index (χ2n) is 6.94. The van der Waals surface area contributed by atoms with Gasteiger partial charge in [-0.25, -0.2) is 4.98 Å². The summed E-state index contributed by atoms with van der Waals surface area (Å²) < 4.78 is 13.2. The minimum absolute atomic E-state index is 0.0131. The summed E-state index contributed by atoms with van der Waals surface area (Å²) in [6, 6.07) is 9.55. The molecule has 0 saturated heterocycles. The number of anilines is 1. The van der Waals surface area contributed by atoms with Gasteiger partial charge in [-0.3, -0.25) is 14.3 Å². The van der Waals surface area contributed by atoms with Crippen LogP contribution in [-0.2, 0) is 4.79 Å². The van der Waals surface area contributed by atoms with Crippen LogP contribution in [0.2, 0.25) is 0 Å². The Morgan fingerprint density at radius 3 is 2.82 bits per heavy atom. The maximum atomic E-state index is 12.5. The van der Waals surface area contributed by atoms with Gasteiger partial charge in [-0.15, -0.1) is 0 Å². The van der Waals surface area contributed by atoms with E-state index in [-0.39, 0.29) is 17.9 Å². The summed E-state index contributed by atoms with van der Waals surface area (Å²) in [6.07, 6.45) is 5.50. The molecule has 0 spiro atoms. The molecular weight excluding hydrogens is 356 g/mol. The molecule has 1 aromatic carbocycles. The van der Waals surface area contributed by atoms with Crippen molar-refractivity contribution in [2.75, 3.05) is 12.4 Å². The molecular formula is C21H22N4O3. The Hall–Kier alpha value is -3.35. The fourth-order valence-corrected chi connectivity index (χ4v) is 3.43. The van der Waals surface area contributed by atoms with Crippen molar-refractivity contribution < 1.29 is 14.3 Å². The lowest BCUT2D eigenvalue weighted by molar-refractivity contribution is -0.116. The van der Waals surface area contributed by atoms with Gasteiger partial charge in [0.05, 0.1) is 30.8 Å². The van der Waals surface area contributed by atoms with Gasteiger partial charge in [0.25, 0.3) is 0 Å². The first-order valence-corrected chi connectivity index (χ1v) is 9.19. The van der Waals surface area contributed by atoms with E-state index < -0.39 is 0 Å². The largest absolute Gasteiger partial charge is 0.493 e. The van der Waals surface area contributed by atoms with E-state index in [4.69, 9.17) is 9.47 Å². The number of amides is 1. The van der Waals surface area contributed by atoms with Crippen LogP contribution >= 0.6 is 0 Å². The van der Waals surface area contributed by atoms with E-state index in [0.717, 1.165) is 16.9 Å². The fourth-order valence-electron chi connectivity index (χ4n) is 3.43. The zero-order valence-electron chi connectivity index (χ0n) is 16.0. The third-order valence-corrected chi connectivity index (χ3v) is 4.65. The van der Waals surface area contributed by atoms with Gasteiger partial charge in [-0.05, 0) is 43.7 Å². The predicted molar refractivity (Wildman–Crippen MR) is 105 cm³/mol. The highest BCUT2D eigenvalue weighted by molar-refractivity contribution is 5.94. The number of nitrogens with one attached hydrogen (secondary N) is 1. The molecule has 0 bridgehead atoms. The first-order chi connectivity index (χ1) is 13.6. The SMILES string of the molecule is COc1ccc([C@H]2CC(=O)Nc3c2ncn3-c2cccnc2)cc1OC(C)C. The molecule has 0 saturated carbocycles. The predicted octanol–water partition coefficient (Wildman–Crippen LogP) is 3.54. The Kier molecular flexibility index (Phi) is 4.73. The number of ether oxygens (including phenoxy) is 2. The lowest BCUT2D eigenvalue weighted by Gasteiger charge is -2.24. The average molecular weight is 378 g/mol. The van der Waals surface area contributed by atoms with Crippen LogP contribution in [0.5, 0.6) is 11.5 Å². The van der Waals surface area contributed by atoms with Gasteiger partial charge in [0.15, 0.2) is 11.5 Å². The standard InChI is InChI=1S/C21H22N4O3/c1-13(2)28-18-9-14(6-7-17(18)27-3)16-10-19(26)24-21-20(16)23-12-25(21)15-5-4-8-22-11-15/h4-9,11-13,16H,10H2,1-3H3,(H,24,26)/t16-/m1/s1. The number of rotatable bonds is 5. The number of benzene rings is 1. The van der Waals surface area contributed by atoms with Gasteiger partial charge in [0.2, 0.25) is 5.91 Å². The lowest BCUT2D eigenvalue weighted by atomic mass is 9.89. The third kappa shape index (κ3) is 3.31. The van der Waals surface area contributed by atoms with Crippen molar-refractivity contribution in [1.29, 1.82) is 0 Å². The molecule has 0 fully saturated rings. The monoisotopic (exact) mass is 378 g/mol. The molecule has 1 atom stereocenters. The maximum absolute atomic E-state index is 12.5. The Bertz CT molecular complexity index is 998. The molecule has 7 nitrogen and oxygen atoms in total. The molecule has 1 aliphatic heterocycles. The van der Waals surface area contributed by atoms with Crippen molar-refractivity contribution in [2.24, 2.45) is 0 Å². The van der Waals surface area contributed by atoms with Crippen LogP contribution in [-0.4, -0.2) is 33.7 Å². The molecule has 4 rings (SSSR count). The van der Waals surface area contributed by atoms with Crippen molar-refractivity contribution in [1.82, 2.24) is 14.5 Å². The van der Waals surface area contributed by atoms with Gasteiger partial charge in [-0.2, -0.15) is 0 Å². The summed E-state index contributed by atoms with van der Waals surface area (Å²) >= 11 is 0. The zero-order chi connectivity index (χ0) is 19.7. The van der Waals surface area contributed by atoms with E-state index in [1.165, 1.54) is 0 Å². The summed E-state index contributed by atoms with van der Waals surface area (Å²) in [5.74, 6) is 1.79. The van der Waals surface area contributed by atoms with Crippen LogP contribution in [0.4, 0.5) is 5.82 Å². The second kappa shape index (κ2) is 7.34. The Morgan fingerprint density at radius 2 is 2.11 bits per heavy atom. The van der Waals surface area contributed by atoms with Crippen LogP contribution in [0, 0.1) is 0 Å². The Labute approximate surface area is 163 Å². The number of pyridine rings is 1. The van der Waals surface area contributed by atoms with Gasteiger partial charge in [0, 0.05) is 18.5 Å². The second-order valence-corrected chi connectivity index (χ2v) is 6.94. The fraction of sp³-hybridized carbons (Fsp3) is 0.286. The number of fused-ring (bicyclic) bond motifs is 1. The molecule has 0 unspecified atom stereocenters. The minimum Gasteiger partial charge on any atom is -0.493 e. The first kappa shape index (κ1) is 18.0. The molecule has 7 heteroatoms. The highest BCUT2D eigenvalue weighted by Crippen LogP contribution is 2.40. The van der Waals surface area contributed by atoms with Gasteiger partial charge < -0.3 is 14.8 Å². The molecule has 28 heavy (non-hydrogen) atoms. The van der Waals surface area contributed by atoms with E-state index in [2.05, 4.69) is 15.3 Å². The van der Waals surface area contributed by atoms with E-state index >= 15 is 0 Å². The molecule has 1 amide bonds. The topological polar surface area (TPSA) is 78.3 Å². The third-order valence-electron chi connectivity index (χ3n) is 4.65. The van der Waals surface area contributed by atoms with Crippen molar-refractivity contribution in [3.05, 3.63) is 60.3 Å². The number of carbonyl (C=O) groups excluding carboxylic acids is 1. The van der Waals surface area contributed by atoms with Gasteiger partial charge >= 0.3 is 0 Å². The minimum atomic E-state index is -0.165. The van der Waals surface area contributed by atoms with Gasteiger partial charge in [-0.1, -0.05) is 6.07 Å². The van der Waals surface area contributed by atoms with E-state index in [1.807, 2.05) is 48.7 Å². The molecule has 1 aliphatic rings. The quantitative estimate of drug-likeness (QED) is 0.735. The highest BCUT2D eigenvalue weighted by atomic mass is 16.5. The smallest absolute Gasteiger partial charge is 0.226 e. The van der Waals surface area contributed by atoms with Crippen molar-refractivity contribution in [3.8, 4) is 17.2 Å². The molecule has 0 aliphatic carbocycles. The number of nitrogens with zero attached hydrogens (tertiary/aromatic N) is 3. The summed E-state index contributed by atoms with van der Waals surface area (Å²) in [5.41, 5.74) is 2.63. The zero-order valence-corrected chi connectivity index (χ0v) is 16.0. The average Bonchev–Trinajstić information content (AvgIpc) is 3.11. The van der Waals surface area contributed by atoms with Crippen molar-refractivity contribution in [2.45, 2.75) is 32.3 Å². The number of hydrogen-bond acceptors (Lipinski definition) is 5. The molecule has 2 aromatic heterocycles. The number of hydrogen-bond donors (Lipinski definition) is 1. The molecule has 1 N–H and O–H groups in total. The van der Waals surface area contributed by atoms with Crippen molar-refractivity contribution in [3.63, 3.8) is 0 Å². The highest BCUT2D eigenvalue weighted by Gasteiger charge is 2.31. The summed E-state index contributed by atoms with van der Waals surface area (Å²) in [7, 11) is 1.61. The van der Waals surface area contributed by atoms with E-state index in [0.29, 0.717) is 23.7 Å². The van der Waals surface area contributed by atoms with Crippen LogP contribution in [0.1, 0.15) is 37.4 Å². The van der Waals surface area contributed by atoms with Crippen LogP contribution in [0.15, 0.2) is 49.1 Å². The first-order valence-electron chi connectivity index (χ1n) is 9.19. The molecule has 0 radical (unpaired) electrons. The summed E-state index contributed by atoms with van der Waals surface area (Å²) in [6.45, 7) is 3.93. The van der Waals surface area contributed by atoms with Gasteiger partial charge in [0.1, 0.15) is 12.1 Å².